The third-order valence-electron chi connectivity index (χ3n) is 3.80. The van der Waals surface area contributed by atoms with Crippen molar-refractivity contribution < 1.29 is 23.2 Å². The van der Waals surface area contributed by atoms with Gasteiger partial charge in [0.1, 0.15) is 5.69 Å². The predicted octanol–water partition coefficient (Wildman–Crippen LogP) is 3.60. The van der Waals surface area contributed by atoms with Crippen molar-refractivity contribution in [2.24, 2.45) is 5.10 Å². The maximum atomic E-state index is 12.7. The molecular weight excluding hydrogens is 432 g/mol. The molecule has 12 heteroatoms. The molecule has 10 nitrogen and oxygen atoms in total. The Morgan fingerprint density at radius 1 is 1.13 bits per heavy atom. The largest absolute Gasteiger partial charge is 0.478 e. The summed E-state index contributed by atoms with van der Waals surface area (Å²) >= 11 is 1.43. The van der Waals surface area contributed by atoms with Gasteiger partial charge in [0.05, 0.1) is 27.3 Å². The zero-order chi connectivity index (χ0) is 21.7. The number of hydrazone groups is 1. The monoisotopic (exact) mass is 446 g/mol. The number of nitro groups is 1. The van der Waals surface area contributed by atoms with Crippen LogP contribution in [0, 0.1) is 10.1 Å². The predicted molar refractivity (Wildman–Crippen MR) is 113 cm³/mol. The number of hydrogen-bond acceptors (Lipinski definition) is 8. The van der Waals surface area contributed by atoms with E-state index >= 15 is 0 Å². The molecule has 0 aliphatic heterocycles. The van der Waals surface area contributed by atoms with Crippen molar-refractivity contribution in [1.82, 2.24) is 0 Å². The van der Waals surface area contributed by atoms with E-state index in [-0.39, 0.29) is 16.9 Å². The van der Waals surface area contributed by atoms with Gasteiger partial charge in [-0.25, -0.2) is 13.2 Å². The molecule has 30 heavy (non-hydrogen) atoms. The summed E-state index contributed by atoms with van der Waals surface area (Å²) in [7, 11) is -4.28. The van der Waals surface area contributed by atoms with Crippen LogP contribution in [0.15, 0.2) is 70.0 Å². The number of benzene rings is 2. The van der Waals surface area contributed by atoms with Crippen LogP contribution in [0.25, 0.3) is 0 Å². The summed E-state index contributed by atoms with van der Waals surface area (Å²) in [6.45, 7) is 0. The first-order valence-corrected chi connectivity index (χ1v) is 10.6. The van der Waals surface area contributed by atoms with Crippen LogP contribution in [0.4, 0.5) is 17.1 Å². The lowest BCUT2D eigenvalue weighted by atomic mass is 10.2. The minimum atomic E-state index is -4.28. The van der Waals surface area contributed by atoms with Crippen molar-refractivity contribution in [2.45, 2.75) is 4.90 Å². The van der Waals surface area contributed by atoms with Gasteiger partial charge in [-0.15, -0.1) is 11.3 Å². The zero-order valence-corrected chi connectivity index (χ0v) is 16.7. The summed E-state index contributed by atoms with van der Waals surface area (Å²) in [5.41, 5.74) is 1.61. The van der Waals surface area contributed by atoms with Gasteiger partial charge in [0.15, 0.2) is 0 Å². The van der Waals surface area contributed by atoms with Crippen molar-refractivity contribution in [2.75, 3.05) is 10.1 Å². The number of carbonyl (C=O) groups is 1. The number of para-hydroxylation sites is 1. The Labute approximate surface area is 174 Å². The maximum absolute atomic E-state index is 12.7. The molecular formula is C18H14N4O6S2. The van der Waals surface area contributed by atoms with E-state index in [1.165, 1.54) is 47.9 Å². The highest BCUT2D eigenvalue weighted by Gasteiger charge is 2.23. The summed E-state index contributed by atoms with van der Waals surface area (Å²) in [6.07, 6.45) is 1.48. The lowest BCUT2D eigenvalue weighted by Crippen LogP contribution is -2.16. The molecule has 0 aliphatic rings. The zero-order valence-electron chi connectivity index (χ0n) is 15.1. The van der Waals surface area contributed by atoms with Crippen LogP contribution in [-0.4, -0.2) is 30.6 Å². The van der Waals surface area contributed by atoms with Crippen LogP contribution in [-0.2, 0) is 10.0 Å². The Morgan fingerprint density at radius 2 is 1.90 bits per heavy atom. The van der Waals surface area contributed by atoms with Crippen LogP contribution >= 0.6 is 11.3 Å². The molecule has 0 spiro atoms. The Hall–Kier alpha value is -3.77. The third kappa shape index (κ3) is 4.79. The molecule has 1 heterocycles. The molecule has 0 saturated carbocycles. The SMILES string of the molecule is O=C(O)c1ccccc1NS(=O)(=O)c1ccc(N/N=C\c2cccs2)c([N+](=O)[O-])c1. The topological polar surface area (TPSA) is 151 Å². The van der Waals surface area contributed by atoms with E-state index in [1.54, 1.807) is 6.07 Å². The second kappa shape index (κ2) is 8.71. The van der Waals surface area contributed by atoms with Crippen LogP contribution in [0.3, 0.4) is 0 Å². The van der Waals surface area contributed by atoms with Crippen molar-refractivity contribution >= 4 is 50.6 Å². The van der Waals surface area contributed by atoms with E-state index in [0.717, 1.165) is 17.0 Å². The molecule has 0 aliphatic carbocycles. The Balaban J connectivity index is 1.89. The highest BCUT2D eigenvalue weighted by molar-refractivity contribution is 7.92. The van der Waals surface area contributed by atoms with Gasteiger partial charge < -0.3 is 5.11 Å². The lowest BCUT2D eigenvalue weighted by molar-refractivity contribution is -0.384. The minimum absolute atomic E-state index is 0.00214. The van der Waals surface area contributed by atoms with E-state index in [1.807, 2.05) is 11.4 Å². The van der Waals surface area contributed by atoms with E-state index < -0.39 is 31.5 Å². The van der Waals surface area contributed by atoms with Gasteiger partial charge in [0.25, 0.3) is 15.7 Å². The number of aromatic carboxylic acids is 1. The lowest BCUT2D eigenvalue weighted by Gasteiger charge is -2.11. The minimum Gasteiger partial charge on any atom is -0.478 e. The Bertz CT molecular complexity index is 1220. The van der Waals surface area contributed by atoms with E-state index in [2.05, 4.69) is 15.2 Å². The van der Waals surface area contributed by atoms with Gasteiger partial charge in [-0.2, -0.15) is 5.10 Å². The van der Waals surface area contributed by atoms with E-state index in [4.69, 9.17) is 0 Å². The van der Waals surface area contributed by atoms with Gasteiger partial charge in [-0.05, 0) is 35.7 Å². The number of anilines is 2. The molecule has 0 bridgehead atoms. The van der Waals surface area contributed by atoms with Gasteiger partial charge >= 0.3 is 5.97 Å². The summed E-state index contributed by atoms with van der Waals surface area (Å²) in [5.74, 6) is -1.32. The fourth-order valence-corrected chi connectivity index (χ4v) is 4.10. The second-order valence-electron chi connectivity index (χ2n) is 5.78. The molecule has 0 saturated heterocycles. The average molecular weight is 446 g/mol. The molecule has 3 rings (SSSR count). The summed E-state index contributed by atoms with van der Waals surface area (Å²) in [4.78, 5) is 22.4. The number of nitrogens with zero attached hydrogens (tertiary/aromatic N) is 2. The number of thiophene rings is 1. The van der Waals surface area contributed by atoms with E-state index in [0.29, 0.717) is 0 Å². The number of carboxylic acids is 1. The van der Waals surface area contributed by atoms with Crippen LogP contribution in [0.5, 0.6) is 0 Å². The molecule has 1 aromatic heterocycles. The fourth-order valence-electron chi connectivity index (χ4n) is 2.42. The fraction of sp³-hybridized carbons (Fsp3) is 0. The molecule has 3 aromatic rings. The number of sulfonamides is 1. The number of hydrogen-bond donors (Lipinski definition) is 3. The molecule has 3 N–H and O–H groups in total. The first-order chi connectivity index (χ1) is 14.3. The van der Waals surface area contributed by atoms with Gasteiger partial charge in [-0.3, -0.25) is 20.3 Å². The molecule has 0 fully saturated rings. The van der Waals surface area contributed by atoms with Crippen molar-refractivity contribution in [3.63, 3.8) is 0 Å². The highest BCUT2D eigenvalue weighted by atomic mass is 32.2. The number of nitrogens with one attached hydrogen (secondary N) is 2. The number of nitro benzene ring substituents is 1. The Kier molecular flexibility index (Phi) is 6.09. The molecule has 2 aromatic carbocycles. The molecule has 0 unspecified atom stereocenters. The molecule has 154 valence electrons. The third-order valence-corrected chi connectivity index (χ3v) is 5.97. The van der Waals surface area contributed by atoms with Crippen molar-refractivity contribution in [3.05, 3.63) is 80.5 Å². The molecule has 0 radical (unpaired) electrons. The van der Waals surface area contributed by atoms with Crippen molar-refractivity contribution in [3.8, 4) is 0 Å². The number of rotatable bonds is 8. The molecule has 0 atom stereocenters. The van der Waals surface area contributed by atoms with Crippen LogP contribution < -0.4 is 10.1 Å². The van der Waals surface area contributed by atoms with Crippen molar-refractivity contribution in [1.29, 1.82) is 0 Å². The van der Waals surface area contributed by atoms with Crippen LogP contribution in [0.2, 0.25) is 0 Å². The maximum Gasteiger partial charge on any atom is 0.337 e. The van der Waals surface area contributed by atoms with Gasteiger partial charge in [0, 0.05) is 10.9 Å². The van der Waals surface area contributed by atoms with Gasteiger partial charge in [0.2, 0.25) is 0 Å². The normalized spacial score (nSPS) is 11.3. The average Bonchev–Trinajstić information content (AvgIpc) is 3.21. The standard InChI is InChI=1S/C18H14N4O6S2/c23-18(24)14-5-1-2-6-15(14)21-30(27,28)13-7-8-16(17(10-13)22(25)26)20-19-11-12-4-3-9-29-12/h1-11,20-21H,(H,23,24)/b19-11-. The highest BCUT2D eigenvalue weighted by Crippen LogP contribution is 2.29. The molecule has 0 amide bonds. The summed E-state index contributed by atoms with van der Waals surface area (Å²) in [5, 5.41) is 26.4. The quantitative estimate of drug-likeness (QED) is 0.272. The smallest absolute Gasteiger partial charge is 0.337 e. The summed E-state index contributed by atoms with van der Waals surface area (Å²) < 4.78 is 27.5. The first-order valence-electron chi connectivity index (χ1n) is 8.24. The first kappa shape index (κ1) is 21.0. The van der Waals surface area contributed by atoms with Crippen LogP contribution in [0.1, 0.15) is 15.2 Å². The summed E-state index contributed by atoms with van der Waals surface area (Å²) in [6, 6.07) is 12.3. The Morgan fingerprint density at radius 3 is 2.57 bits per heavy atom. The second-order valence-corrected chi connectivity index (χ2v) is 8.44. The van der Waals surface area contributed by atoms with Gasteiger partial charge in [-0.1, -0.05) is 18.2 Å². The van der Waals surface area contributed by atoms with E-state index in [9.17, 15) is 28.4 Å². The number of carboxylic acid groups (broad SMARTS) is 1.